The van der Waals surface area contributed by atoms with Gasteiger partial charge in [0.25, 0.3) is 0 Å². The monoisotopic (exact) mass is 2120 g/mol. The third-order valence-corrected chi connectivity index (χ3v) is 36.9. The Kier molecular flexibility index (Phi) is 34.0. The molecule has 8 aliphatic carbocycles. The molecule has 34 heteroatoms. The molecule has 8 aliphatic rings. The van der Waals surface area contributed by atoms with Gasteiger partial charge in [0.05, 0.1) is 38.2 Å². The van der Waals surface area contributed by atoms with Crippen LogP contribution in [0.1, 0.15) is 325 Å². The van der Waals surface area contributed by atoms with Crippen LogP contribution in [0, 0.1) is 0 Å². The molecular weight excluding hydrogens is 2000 g/mol. The zero-order chi connectivity index (χ0) is 98.8. The van der Waals surface area contributed by atoms with Crippen molar-refractivity contribution in [2.75, 3.05) is 21.3 Å². The van der Waals surface area contributed by atoms with Crippen molar-refractivity contribution in [2.24, 2.45) is 0 Å². The molecule has 0 unspecified atom stereocenters. The van der Waals surface area contributed by atoms with Crippen LogP contribution < -0.4 is 42.5 Å². The highest BCUT2D eigenvalue weighted by atomic mass is 79.9. The number of alkyl halides is 3. The number of urea groups is 4. The quantitative estimate of drug-likeness (QED) is 0.0246. The van der Waals surface area contributed by atoms with E-state index >= 15 is 0 Å². The summed E-state index contributed by atoms with van der Waals surface area (Å²) < 4.78 is 64.8. The number of carbonyl (C=O) groups excluding carboxylic acids is 8. The number of amides is 8. The molecule has 0 saturated heterocycles. The first-order chi connectivity index (χ1) is 67.1. The summed E-state index contributed by atoms with van der Waals surface area (Å²) in [5.41, 5.74) is 15.7. The molecule has 0 spiro atoms. The van der Waals surface area contributed by atoms with E-state index in [9.17, 15) is 51.5 Å². The van der Waals surface area contributed by atoms with E-state index in [0.29, 0.717) is 67.5 Å². The molecule has 0 radical (unpaired) electrons. The molecule has 11 aromatic rings. The summed E-state index contributed by atoms with van der Waals surface area (Å²) in [7, 11) is 0. The van der Waals surface area contributed by atoms with Gasteiger partial charge in [0.2, 0.25) is 0 Å². The number of nitrogens with one attached hydrogen (secondary N) is 8. The number of nitrogens with zero attached hydrogens (tertiary/aromatic N) is 2. The minimum Gasteiger partial charge on any atom is -0.459 e. The van der Waals surface area contributed by atoms with Crippen LogP contribution in [0.2, 0.25) is 0 Å². The van der Waals surface area contributed by atoms with Crippen LogP contribution in [0.4, 0.5) is 52.4 Å². The highest BCUT2D eigenvalue weighted by Crippen LogP contribution is 2.49. The second-order valence-electron chi connectivity index (χ2n) is 39.2. The second-order valence-corrected chi connectivity index (χ2v) is 49.3. The lowest BCUT2D eigenvalue weighted by atomic mass is 9.93. The summed E-state index contributed by atoms with van der Waals surface area (Å²) in [5.74, 6) is -1.47. The van der Waals surface area contributed by atoms with E-state index in [4.69, 9.17) is 18.9 Å². The van der Waals surface area contributed by atoms with Gasteiger partial charge < -0.3 is 44.8 Å². The summed E-state index contributed by atoms with van der Waals surface area (Å²) in [4.78, 5) is 120. The van der Waals surface area contributed by atoms with Gasteiger partial charge in [0.15, 0.2) is 0 Å². The fraction of sp³-hybridized carbons (Fsp3) is 0.481. The Morgan fingerprint density at radius 2 is 0.657 bits per heavy atom. The topological polar surface area (TPSA) is 288 Å². The Morgan fingerprint density at radius 1 is 0.357 bits per heavy atom. The lowest BCUT2D eigenvalue weighted by molar-refractivity contribution is -0.141. The van der Waals surface area contributed by atoms with Gasteiger partial charge in [0.1, 0.15) is 41.9 Å². The number of rotatable bonds is 21. The van der Waals surface area contributed by atoms with E-state index < -0.39 is 35.1 Å². The van der Waals surface area contributed by atoms with Crippen molar-refractivity contribution < 1.29 is 70.5 Å². The molecule has 0 bridgehead atoms. The maximum atomic E-state index is 13.1. The number of thiophene rings is 8. The largest absolute Gasteiger partial charge is 0.459 e. The SMILES string of the molecule is CC(C)(C)OC(=O)c1c(NC(=O)NCc2c(-c3ccc(C(F)(F)F)nc3)sc3c2CCCC3)sc2c1CCCC2.CC(C)(C)OC(=O)c1c(NC(=O)NCc2c(-c3ccccc3)sc3c2CCCC3)sc2c1CCCC2.CC(C)OC(=O)c1c(NC(=O)NCc2c(-n3cccc3)sc3c2CCCC3)sc2c1CCCC2.CC(C)OC(=O)c1c(NC(=O)NCc2c(Br)sc3c2CCCC3)sc2c1CCCC2. The molecular formula is C106H124BrF3N10O12S8. The number of halogens is 4. The Hall–Kier alpha value is -9.52. The number of aryl methyl sites for hydroxylation is 8. The summed E-state index contributed by atoms with van der Waals surface area (Å²) in [6, 6.07) is 15.6. The van der Waals surface area contributed by atoms with Crippen molar-refractivity contribution in [3.8, 4) is 25.9 Å². The Labute approximate surface area is 857 Å². The molecule has 10 heterocycles. The average molecular weight is 2120 g/mol. The molecule has 8 N–H and O–H groups in total. The first-order valence-electron chi connectivity index (χ1n) is 49.2. The van der Waals surface area contributed by atoms with Crippen molar-refractivity contribution >= 4 is 175 Å². The fourth-order valence-corrected chi connectivity index (χ4v) is 31.0. The van der Waals surface area contributed by atoms with Gasteiger partial charge in [-0.1, -0.05) is 30.3 Å². The third kappa shape index (κ3) is 25.3. The molecule has 0 fully saturated rings. The number of hydrogen-bond donors (Lipinski definition) is 8. The number of anilines is 4. The van der Waals surface area contributed by atoms with Crippen molar-refractivity contribution in [1.29, 1.82) is 0 Å². The van der Waals surface area contributed by atoms with E-state index in [1.54, 1.807) is 22.7 Å². The summed E-state index contributed by atoms with van der Waals surface area (Å²) >= 11 is 16.7. The van der Waals surface area contributed by atoms with Gasteiger partial charge in [-0.05, 0) is 382 Å². The second kappa shape index (κ2) is 46.0. The molecule has 0 saturated carbocycles. The van der Waals surface area contributed by atoms with Crippen LogP contribution >= 0.6 is 107 Å². The maximum absolute atomic E-state index is 13.1. The first kappa shape index (κ1) is 103. The molecule has 140 heavy (non-hydrogen) atoms. The summed E-state index contributed by atoms with van der Waals surface area (Å²) in [6.07, 6.45) is 33.8. The number of pyridine rings is 1. The highest BCUT2D eigenvalue weighted by molar-refractivity contribution is 9.11. The number of aromatic nitrogens is 2. The molecule has 19 rings (SSSR count). The molecule has 1 aromatic carbocycles. The fourth-order valence-electron chi connectivity index (χ4n) is 19.6. The number of esters is 4. The smallest absolute Gasteiger partial charge is 0.433 e. The zero-order valence-corrected chi connectivity index (χ0v) is 89.2. The van der Waals surface area contributed by atoms with Crippen LogP contribution in [0.15, 0.2) is 77.0 Å². The lowest BCUT2D eigenvalue weighted by Gasteiger charge is -2.21. The number of fused-ring (bicyclic) bond motifs is 8. The van der Waals surface area contributed by atoms with Crippen LogP contribution in [0.25, 0.3) is 25.9 Å². The third-order valence-electron chi connectivity index (χ3n) is 25.8. The van der Waals surface area contributed by atoms with Crippen molar-refractivity contribution in [1.82, 2.24) is 30.8 Å². The van der Waals surface area contributed by atoms with Crippen LogP contribution in [0.5, 0.6) is 0 Å². The first-order valence-corrected chi connectivity index (χ1v) is 56.6. The Balaban J connectivity index is 0.000000135. The standard InChI is InChI=1S/C29H32F3N3O3S2.C29H34N2O3S2.C26H31N3O3S2.C22H27BrN2O3S2/c1-28(2,3)38-26(36)23-18-9-5-7-11-21(18)40-25(23)35-27(37)34-15-19-17-8-4-6-10-20(17)39-24(19)16-12-13-22(33-14-16)29(30,31)32;1-29(2,3)34-27(32)24-20-14-8-10-16-23(20)36-26(24)31-28(33)30-17-21-19-13-7-9-15-22(19)35-25(21)18-11-5-4-6-12-18;1-16(2)32-25(30)22-18-10-4-6-12-21(18)33-23(22)28-26(31)27-15-19-17-9-3-5-11-20(17)34-24(19)29-13-7-8-14-29;1-12(2)28-21(26)18-14-8-4-6-10-17(14)30-20(18)25-22(27)24-11-15-13-7-3-5-9-16(13)29-19(15)23/h12-14H,4-11,15H2,1-3H3,(H2,34,35,37);4-6,11-12H,7-10,13-17H2,1-3H3,(H2,30,31,33);7-8,13-14,16H,3-6,9-12,15H2,1-2H3,(H2,27,28,31);12H,3-11H2,1-2H3,(H2,24,25,27). The highest BCUT2D eigenvalue weighted by Gasteiger charge is 2.38. The number of ether oxygens (including phenoxy) is 4. The van der Waals surface area contributed by atoms with Crippen LogP contribution in [0.3, 0.4) is 0 Å². The number of hydrogen-bond acceptors (Lipinski definition) is 21. The summed E-state index contributed by atoms with van der Waals surface area (Å²) in [6.45, 7) is 20.1. The van der Waals surface area contributed by atoms with Gasteiger partial charge in [0, 0.05) is 105 Å². The van der Waals surface area contributed by atoms with Gasteiger partial charge in [-0.2, -0.15) is 13.2 Å². The van der Waals surface area contributed by atoms with E-state index in [1.807, 2.05) is 110 Å². The van der Waals surface area contributed by atoms with E-state index in [1.165, 1.54) is 179 Å². The molecule has 10 aromatic heterocycles. The Morgan fingerprint density at radius 3 is 1.00 bits per heavy atom. The van der Waals surface area contributed by atoms with Gasteiger partial charge >= 0.3 is 54.2 Å². The molecule has 22 nitrogen and oxygen atoms in total. The lowest BCUT2D eigenvalue weighted by Crippen LogP contribution is -2.30. The Bertz CT molecular complexity index is 6350. The van der Waals surface area contributed by atoms with Gasteiger partial charge in [-0.3, -0.25) is 26.3 Å². The van der Waals surface area contributed by atoms with E-state index in [-0.39, 0.29) is 54.8 Å². The predicted octanol–water partition coefficient (Wildman–Crippen LogP) is 27.9. The zero-order valence-electron chi connectivity index (χ0n) is 81.1. The number of benzene rings is 1. The van der Waals surface area contributed by atoms with Crippen LogP contribution in [-0.4, -0.2) is 81.0 Å². The number of carbonyl (C=O) groups is 8. The van der Waals surface area contributed by atoms with Crippen LogP contribution in [-0.2, 0) is 154 Å². The molecule has 0 aliphatic heterocycles. The minimum atomic E-state index is -4.51. The van der Waals surface area contributed by atoms with Gasteiger partial charge in [-0.15, -0.1) is 90.7 Å². The van der Waals surface area contributed by atoms with Crippen molar-refractivity contribution in [3.63, 3.8) is 0 Å². The van der Waals surface area contributed by atoms with E-state index in [0.717, 1.165) is 220 Å². The van der Waals surface area contributed by atoms with Crippen molar-refractivity contribution in [3.05, 3.63) is 211 Å². The average Bonchev–Trinajstić information content (AvgIpc) is 1.65. The molecule has 746 valence electrons. The van der Waals surface area contributed by atoms with Crippen molar-refractivity contribution in [2.45, 2.75) is 330 Å². The summed E-state index contributed by atoms with van der Waals surface area (Å²) in [5, 5.41) is 27.4. The normalized spacial score (nSPS) is 15.2. The molecule has 0 atom stereocenters. The van der Waals surface area contributed by atoms with E-state index in [2.05, 4.69) is 105 Å². The maximum Gasteiger partial charge on any atom is 0.433 e. The van der Waals surface area contributed by atoms with Gasteiger partial charge in [-0.25, -0.2) is 38.4 Å². The molecule has 8 amide bonds. The predicted molar refractivity (Wildman–Crippen MR) is 563 cm³/mol. The minimum absolute atomic E-state index is 0.194.